The van der Waals surface area contributed by atoms with Gasteiger partial charge in [-0.3, -0.25) is 9.48 Å². The molecular weight excluding hydrogens is 220 g/mol. The fraction of sp³-hybridized carbons (Fsp3) is 0.636. The predicted octanol–water partition coefficient (Wildman–Crippen LogP) is 0.301. The number of nitrogens with zero attached hydrogens (tertiary/aromatic N) is 2. The minimum atomic E-state index is -0.320. The molecule has 0 spiro atoms. The van der Waals surface area contributed by atoms with Crippen molar-refractivity contribution in [2.75, 3.05) is 18.9 Å². The molecule has 0 saturated carbocycles. The van der Waals surface area contributed by atoms with Gasteiger partial charge in [-0.2, -0.15) is 5.10 Å². The van der Waals surface area contributed by atoms with Gasteiger partial charge in [-0.05, 0) is 19.8 Å². The molecule has 17 heavy (non-hydrogen) atoms. The lowest BCUT2D eigenvalue weighted by Crippen LogP contribution is -2.51. The second-order valence-corrected chi connectivity index (χ2v) is 4.78. The van der Waals surface area contributed by atoms with E-state index in [1.807, 2.05) is 6.92 Å². The zero-order chi connectivity index (χ0) is 12.5. The molecule has 1 unspecified atom stereocenters. The number of carbonyl (C=O) groups excluding carboxylic acids is 1. The van der Waals surface area contributed by atoms with Crippen LogP contribution in [0.1, 0.15) is 30.3 Å². The molecule has 1 atom stereocenters. The first-order chi connectivity index (χ1) is 8.00. The van der Waals surface area contributed by atoms with E-state index < -0.39 is 0 Å². The van der Waals surface area contributed by atoms with Gasteiger partial charge in [-0.15, -0.1) is 0 Å². The number of aromatic nitrogens is 2. The van der Waals surface area contributed by atoms with Gasteiger partial charge in [0, 0.05) is 19.9 Å². The lowest BCUT2D eigenvalue weighted by Gasteiger charge is -2.34. The Labute approximate surface area is 100 Å². The van der Waals surface area contributed by atoms with Gasteiger partial charge in [-0.1, -0.05) is 0 Å². The van der Waals surface area contributed by atoms with Crippen molar-refractivity contribution < 1.29 is 9.53 Å². The smallest absolute Gasteiger partial charge is 0.274 e. The number of anilines is 1. The molecule has 1 aliphatic rings. The summed E-state index contributed by atoms with van der Waals surface area (Å²) in [6.07, 6.45) is 3.48. The van der Waals surface area contributed by atoms with Crippen molar-refractivity contribution >= 4 is 11.6 Å². The Hall–Kier alpha value is -1.56. The number of ether oxygens (including phenoxy) is 1. The molecule has 0 aromatic carbocycles. The van der Waals surface area contributed by atoms with Gasteiger partial charge < -0.3 is 15.8 Å². The highest BCUT2D eigenvalue weighted by Gasteiger charge is 2.30. The van der Waals surface area contributed by atoms with Crippen LogP contribution in [-0.4, -0.2) is 34.4 Å². The van der Waals surface area contributed by atoms with Crippen LogP contribution < -0.4 is 11.1 Å². The molecule has 1 amide bonds. The van der Waals surface area contributed by atoms with Gasteiger partial charge in [0.25, 0.3) is 5.91 Å². The molecule has 3 N–H and O–H groups in total. The molecule has 1 aromatic heterocycles. The Morgan fingerprint density at radius 1 is 1.71 bits per heavy atom. The highest BCUT2D eigenvalue weighted by Crippen LogP contribution is 2.19. The second kappa shape index (κ2) is 4.37. The van der Waals surface area contributed by atoms with Gasteiger partial charge in [-0.25, -0.2) is 0 Å². The quantitative estimate of drug-likeness (QED) is 0.776. The molecule has 0 radical (unpaired) electrons. The lowest BCUT2D eigenvalue weighted by atomic mass is 9.95. The summed E-state index contributed by atoms with van der Waals surface area (Å²) in [6.45, 7) is 3.27. The Bertz CT molecular complexity index is 421. The van der Waals surface area contributed by atoms with Gasteiger partial charge in [0.15, 0.2) is 5.69 Å². The van der Waals surface area contributed by atoms with Crippen molar-refractivity contribution in [3.63, 3.8) is 0 Å². The lowest BCUT2D eigenvalue weighted by molar-refractivity contribution is 0.0271. The third-order valence-corrected chi connectivity index (χ3v) is 2.93. The molecule has 1 fully saturated rings. The molecule has 94 valence electrons. The first-order valence-corrected chi connectivity index (χ1v) is 5.69. The van der Waals surface area contributed by atoms with Crippen molar-refractivity contribution in [1.29, 1.82) is 0 Å². The number of nitrogen functional groups attached to an aromatic ring is 1. The van der Waals surface area contributed by atoms with Gasteiger partial charge in [0.1, 0.15) is 0 Å². The summed E-state index contributed by atoms with van der Waals surface area (Å²) in [5, 5.41) is 6.99. The summed E-state index contributed by atoms with van der Waals surface area (Å²) in [5.41, 5.74) is 6.07. The van der Waals surface area contributed by atoms with Crippen molar-refractivity contribution in [2.45, 2.75) is 25.3 Å². The average Bonchev–Trinajstić information content (AvgIpc) is 2.58. The molecule has 2 rings (SSSR count). The van der Waals surface area contributed by atoms with E-state index in [9.17, 15) is 4.79 Å². The van der Waals surface area contributed by atoms with E-state index in [1.54, 1.807) is 13.2 Å². The third kappa shape index (κ3) is 2.58. The maximum atomic E-state index is 12.0. The van der Waals surface area contributed by atoms with E-state index in [2.05, 4.69) is 10.4 Å². The van der Waals surface area contributed by atoms with Crippen LogP contribution >= 0.6 is 0 Å². The highest BCUT2D eigenvalue weighted by atomic mass is 16.5. The Morgan fingerprint density at radius 3 is 3.00 bits per heavy atom. The monoisotopic (exact) mass is 238 g/mol. The van der Waals surface area contributed by atoms with Crippen molar-refractivity contribution in [1.82, 2.24) is 15.1 Å². The number of amides is 1. The summed E-state index contributed by atoms with van der Waals surface area (Å²) >= 11 is 0. The van der Waals surface area contributed by atoms with Crippen LogP contribution in [-0.2, 0) is 11.8 Å². The first kappa shape index (κ1) is 11.9. The number of aryl methyl sites for hydroxylation is 1. The molecule has 0 aliphatic carbocycles. The van der Waals surface area contributed by atoms with Crippen LogP contribution in [0.5, 0.6) is 0 Å². The van der Waals surface area contributed by atoms with Crippen LogP contribution in [0.3, 0.4) is 0 Å². The fourth-order valence-electron chi connectivity index (χ4n) is 2.05. The van der Waals surface area contributed by atoms with E-state index >= 15 is 0 Å². The average molecular weight is 238 g/mol. The topological polar surface area (TPSA) is 82.2 Å². The molecule has 1 aromatic rings. The molecule has 0 bridgehead atoms. The van der Waals surface area contributed by atoms with Gasteiger partial charge in [0.2, 0.25) is 0 Å². The minimum absolute atomic E-state index is 0.240. The van der Waals surface area contributed by atoms with Crippen LogP contribution in [0.15, 0.2) is 6.20 Å². The molecule has 1 aliphatic heterocycles. The van der Waals surface area contributed by atoms with E-state index in [1.165, 1.54) is 4.68 Å². The number of rotatable bonds is 2. The SMILES string of the molecule is Cn1cc(N)c(C(=O)NC2(C)CCCOC2)n1. The number of hydrogen-bond donors (Lipinski definition) is 2. The largest absolute Gasteiger partial charge is 0.396 e. The van der Waals surface area contributed by atoms with Crippen molar-refractivity contribution in [3.05, 3.63) is 11.9 Å². The van der Waals surface area contributed by atoms with E-state index in [4.69, 9.17) is 10.5 Å². The first-order valence-electron chi connectivity index (χ1n) is 5.69. The van der Waals surface area contributed by atoms with Gasteiger partial charge >= 0.3 is 0 Å². The number of nitrogens with one attached hydrogen (secondary N) is 1. The second-order valence-electron chi connectivity index (χ2n) is 4.78. The summed E-state index contributed by atoms with van der Waals surface area (Å²) < 4.78 is 6.92. The molecule has 1 saturated heterocycles. The van der Waals surface area contributed by atoms with Crippen molar-refractivity contribution in [3.8, 4) is 0 Å². The zero-order valence-electron chi connectivity index (χ0n) is 10.2. The predicted molar refractivity (Wildman–Crippen MR) is 63.5 cm³/mol. The summed E-state index contributed by atoms with van der Waals surface area (Å²) in [4.78, 5) is 12.0. The summed E-state index contributed by atoms with van der Waals surface area (Å²) in [7, 11) is 1.73. The van der Waals surface area contributed by atoms with Gasteiger partial charge in [0.05, 0.1) is 17.8 Å². The van der Waals surface area contributed by atoms with Crippen LogP contribution in [0, 0.1) is 0 Å². The van der Waals surface area contributed by atoms with Crippen LogP contribution in [0.2, 0.25) is 0 Å². The minimum Gasteiger partial charge on any atom is -0.396 e. The fourth-order valence-corrected chi connectivity index (χ4v) is 2.05. The van der Waals surface area contributed by atoms with Crippen LogP contribution in [0.25, 0.3) is 0 Å². The Morgan fingerprint density at radius 2 is 2.47 bits per heavy atom. The summed E-state index contributed by atoms with van der Waals surface area (Å²) in [5.74, 6) is -0.240. The zero-order valence-corrected chi connectivity index (χ0v) is 10.2. The maximum absolute atomic E-state index is 12.0. The maximum Gasteiger partial charge on any atom is 0.274 e. The van der Waals surface area contributed by atoms with Crippen molar-refractivity contribution in [2.24, 2.45) is 7.05 Å². The summed E-state index contributed by atoms with van der Waals surface area (Å²) in [6, 6.07) is 0. The standard InChI is InChI=1S/C11H18N4O2/c1-11(4-3-5-17-7-11)13-10(16)9-8(12)6-15(2)14-9/h6H,3-5,7,12H2,1-2H3,(H,13,16). The van der Waals surface area contributed by atoms with E-state index in [0.29, 0.717) is 12.3 Å². The van der Waals surface area contributed by atoms with E-state index in [0.717, 1.165) is 19.4 Å². The number of carbonyl (C=O) groups is 1. The Kier molecular flexibility index (Phi) is 3.06. The third-order valence-electron chi connectivity index (χ3n) is 2.93. The van der Waals surface area contributed by atoms with E-state index in [-0.39, 0.29) is 17.1 Å². The number of nitrogens with two attached hydrogens (primary N) is 1. The molecule has 2 heterocycles. The molecule has 6 heteroatoms. The highest BCUT2D eigenvalue weighted by molar-refractivity contribution is 5.97. The Balaban J connectivity index is 2.08. The normalized spacial score (nSPS) is 24.6. The molecule has 6 nitrogen and oxygen atoms in total. The van der Waals surface area contributed by atoms with Crippen LogP contribution in [0.4, 0.5) is 5.69 Å². The molecular formula is C11H18N4O2. The number of hydrogen-bond acceptors (Lipinski definition) is 4.